The number of amides is 2. The number of halogens is 1. The number of carbonyl (C=O) groups is 1. The largest absolute Gasteiger partial charge is 0.398 e. The van der Waals surface area contributed by atoms with Gasteiger partial charge in [-0.25, -0.2) is 14.2 Å². The first-order valence-electron chi connectivity index (χ1n) is 9.62. The number of nitrogens with zero attached hydrogens (tertiary/aromatic N) is 1. The molecule has 28 heavy (non-hydrogen) atoms. The van der Waals surface area contributed by atoms with Gasteiger partial charge in [-0.1, -0.05) is 19.3 Å². The molecule has 0 radical (unpaired) electrons. The molecule has 1 atom stereocenters. The van der Waals surface area contributed by atoms with E-state index in [9.17, 15) is 9.18 Å². The summed E-state index contributed by atoms with van der Waals surface area (Å²) < 4.78 is 13.1. The van der Waals surface area contributed by atoms with Crippen molar-refractivity contribution in [2.75, 3.05) is 11.1 Å². The molecule has 1 aliphatic rings. The lowest BCUT2D eigenvalue weighted by atomic mass is 9.85. The molecule has 1 aromatic heterocycles. The molecule has 1 aromatic carbocycles. The van der Waals surface area contributed by atoms with E-state index < -0.39 is 0 Å². The predicted octanol–water partition coefficient (Wildman–Crippen LogP) is 4.31. The normalized spacial score (nSPS) is 15.6. The quantitative estimate of drug-likeness (QED) is 0.578. The Morgan fingerprint density at radius 3 is 2.57 bits per heavy atom. The summed E-state index contributed by atoms with van der Waals surface area (Å²) in [4.78, 5) is 16.5. The Bertz CT molecular complexity index is 846. The molecule has 0 aliphatic heterocycles. The molecule has 5 N–H and O–H groups in total. The third-order valence-electron chi connectivity index (χ3n) is 5.30. The van der Waals surface area contributed by atoms with Gasteiger partial charge in [-0.3, -0.25) is 10.7 Å². The van der Waals surface area contributed by atoms with Crippen molar-refractivity contribution >= 4 is 23.2 Å². The maximum atomic E-state index is 13.1. The Hall–Kier alpha value is -2.96. The molecule has 1 saturated carbocycles. The number of anilines is 2. The monoisotopic (exact) mass is 383 g/mol. The number of pyridine rings is 1. The summed E-state index contributed by atoms with van der Waals surface area (Å²) in [6.07, 6.45) is 7.45. The molecule has 7 heteroatoms. The maximum absolute atomic E-state index is 13.1. The first kappa shape index (κ1) is 19.8. The van der Waals surface area contributed by atoms with Crippen LogP contribution in [-0.2, 0) is 0 Å². The molecule has 0 unspecified atom stereocenters. The van der Waals surface area contributed by atoms with Gasteiger partial charge in [0.2, 0.25) is 0 Å². The van der Waals surface area contributed by atoms with Crippen LogP contribution >= 0.6 is 0 Å². The summed E-state index contributed by atoms with van der Waals surface area (Å²) in [5, 5.41) is 13.9. The topological polar surface area (TPSA) is 104 Å². The molecular weight excluding hydrogens is 357 g/mol. The second-order valence-electron chi connectivity index (χ2n) is 7.32. The van der Waals surface area contributed by atoms with Gasteiger partial charge in [-0.15, -0.1) is 0 Å². The third kappa shape index (κ3) is 4.85. The average Bonchev–Trinajstić information content (AvgIpc) is 2.69. The number of benzene rings is 1. The van der Waals surface area contributed by atoms with Crippen molar-refractivity contribution in [1.29, 1.82) is 5.41 Å². The fraction of sp³-hybridized carbons (Fsp3) is 0.381. The number of urea groups is 1. The van der Waals surface area contributed by atoms with E-state index in [-0.39, 0.29) is 23.6 Å². The molecule has 6 nitrogen and oxygen atoms in total. The molecule has 0 bridgehead atoms. The van der Waals surface area contributed by atoms with Gasteiger partial charge in [0.1, 0.15) is 11.6 Å². The summed E-state index contributed by atoms with van der Waals surface area (Å²) in [7, 11) is 0. The smallest absolute Gasteiger partial charge is 0.320 e. The summed E-state index contributed by atoms with van der Waals surface area (Å²) in [6, 6.07) is 6.93. The molecule has 2 amide bonds. The highest BCUT2D eigenvalue weighted by Gasteiger charge is 2.21. The number of nitrogen functional groups attached to an aromatic ring is 1. The van der Waals surface area contributed by atoms with Crippen LogP contribution in [-0.4, -0.2) is 22.8 Å². The Morgan fingerprint density at radius 2 is 1.93 bits per heavy atom. The van der Waals surface area contributed by atoms with Crippen molar-refractivity contribution in [3.05, 3.63) is 53.5 Å². The van der Waals surface area contributed by atoms with Gasteiger partial charge < -0.3 is 11.1 Å². The minimum atomic E-state index is -0.365. The van der Waals surface area contributed by atoms with Crippen molar-refractivity contribution in [1.82, 2.24) is 10.3 Å². The molecule has 0 spiro atoms. The van der Waals surface area contributed by atoms with Crippen LogP contribution in [0.2, 0.25) is 0 Å². The Labute approximate surface area is 164 Å². The van der Waals surface area contributed by atoms with Crippen LogP contribution in [0.3, 0.4) is 0 Å². The Morgan fingerprint density at radius 1 is 1.25 bits per heavy atom. The highest BCUT2D eigenvalue weighted by molar-refractivity contribution is 6.13. The number of aromatic nitrogens is 1. The molecule has 1 fully saturated rings. The van der Waals surface area contributed by atoms with Gasteiger partial charge in [-0.05, 0) is 49.9 Å². The highest BCUT2D eigenvalue weighted by Crippen LogP contribution is 2.26. The fourth-order valence-electron chi connectivity index (χ4n) is 3.63. The molecular formula is C21H26FN5O. The number of carbonyl (C=O) groups excluding carboxylic acids is 1. The lowest BCUT2D eigenvalue weighted by Gasteiger charge is -2.28. The molecule has 1 aliphatic carbocycles. The van der Waals surface area contributed by atoms with Crippen LogP contribution in [0.15, 0.2) is 36.5 Å². The third-order valence-corrected chi connectivity index (χ3v) is 5.30. The standard InChI is InChI=1S/C21H26FN5O/c1-13(14-5-3-2-4-6-14)26-21(28)27-19-11-18(23)17(12-25-19)20(24)15-7-9-16(22)10-8-15/h7-14,24H,2-6H2,1H3,(H4,23,25,26,27,28)/t13-/m1/s1. The van der Waals surface area contributed by atoms with E-state index in [0.717, 1.165) is 12.8 Å². The second kappa shape index (κ2) is 8.82. The van der Waals surface area contributed by atoms with Crippen molar-refractivity contribution < 1.29 is 9.18 Å². The van der Waals surface area contributed by atoms with Crippen molar-refractivity contribution in [3.63, 3.8) is 0 Å². The van der Waals surface area contributed by atoms with Crippen molar-refractivity contribution in [2.45, 2.75) is 45.1 Å². The molecule has 2 aromatic rings. The molecule has 0 saturated heterocycles. The van der Waals surface area contributed by atoms with Crippen LogP contribution in [0.1, 0.15) is 50.2 Å². The predicted molar refractivity (Wildman–Crippen MR) is 109 cm³/mol. The van der Waals surface area contributed by atoms with Gasteiger partial charge in [0.25, 0.3) is 0 Å². The summed E-state index contributed by atoms with van der Waals surface area (Å²) in [5.74, 6) is 0.466. The second-order valence-corrected chi connectivity index (χ2v) is 7.32. The SMILES string of the molecule is C[C@@H](NC(=O)Nc1cc(N)c(C(=N)c2ccc(F)cc2)cn1)C1CCCCC1. The van der Waals surface area contributed by atoms with Gasteiger partial charge in [0.15, 0.2) is 0 Å². The van der Waals surface area contributed by atoms with Gasteiger partial charge >= 0.3 is 6.03 Å². The molecule has 1 heterocycles. The first-order chi connectivity index (χ1) is 13.4. The van der Waals surface area contributed by atoms with E-state index in [2.05, 4.69) is 15.6 Å². The summed E-state index contributed by atoms with van der Waals surface area (Å²) >= 11 is 0. The highest BCUT2D eigenvalue weighted by atomic mass is 19.1. The van der Waals surface area contributed by atoms with Gasteiger partial charge in [0.05, 0.1) is 5.71 Å². The summed E-state index contributed by atoms with van der Waals surface area (Å²) in [5.41, 5.74) is 7.48. The van der Waals surface area contributed by atoms with Crippen molar-refractivity contribution in [3.8, 4) is 0 Å². The Kier molecular flexibility index (Phi) is 6.23. The Balaban J connectivity index is 1.62. The number of nitrogens with two attached hydrogens (primary N) is 1. The minimum Gasteiger partial charge on any atom is -0.398 e. The zero-order valence-corrected chi connectivity index (χ0v) is 16.0. The minimum absolute atomic E-state index is 0.101. The molecule has 3 rings (SSSR count). The van der Waals surface area contributed by atoms with Gasteiger partial charge in [-0.2, -0.15) is 0 Å². The van der Waals surface area contributed by atoms with E-state index in [4.69, 9.17) is 11.1 Å². The van der Waals surface area contributed by atoms with Gasteiger partial charge in [0, 0.05) is 35.1 Å². The average molecular weight is 383 g/mol. The van der Waals surface area contributed by atoms with Crippen molar-refractivity contribution in [2.24, 2.45) is 5.92 Å². The van der Waals surface area contributed by atoms with Crippen LogP contribution in [0.5, 0.6) is 0 Å². The van der Waals surface area contributed by atoms with E-state index in [1.807, 2.05) is 6.92 Å². The maximum Gasteiger partial charge on any atom is 0.320 e. The number of hydrogen-bond acceptors (Lipinski definition) is 4. The van der Waals surface area contributed by atoms with E-state index >= 15 is 0 Å². The zero-order valence-electron chi connectivity index (χ0n) is 16.0. The number of rotatable bonds is 5. The lowest BCUT2D eigenvalue weighted by Crippen LogP contribution is -2.41. The number of hydrogen-bond donors (Lipinski definition) is 4. The van der Waals surface area contributed by atoms with E-state index in [1.54, 1.807) is 0 Å². The van der Waals surface area contributed by atoms with Crippen LogP contribution < -0.4 is 16.4 Å². The van der Waals surface area contributed by atoms with Crippen LogP contribution in [0.25, 0.3) is 0 Å². The van der Waals surface area contributed by atoms with Crippen LogP contribution in [0, 0.1) is 17.1 Å². The lowest BCUT2D eigenvalue weighted by molar-refractivity contribution is 0.235. The number of nitrogens with one attached hydrogen (secondary N) is 3. The first-order valence-corrected chi connectivity index (χ1v) is 9.62. The van der Waals surface area contributed by atoms with E-state index in [0.29, 0.717) is 28.6 Å². The van der Waals surface area contributed by atoms with Crippen LogP contribution in [0.4, 0.5) is 20.7 Å². The zero-order chi connectivity index (χ0) is 20.1. The molecule has 148 valence electrons. The summed E-state index contributed by atoms with van der Waals surface area (Å²) in [6.45, 7) is 2.03. The van der Waals surface area contributed by atoms with E-state index in [1.165, 1.54) is 55.8 Å². The fourth-order valence-corrected chi connectivity index (χ4v) is 3.63.